The van der Waals surface area contributed by atoms with Crippen molar-refractivity contribution in [1.29, 1.82) is 0 Å². The van der Waals surface area contributed by atoms with Crippen LogP contribution in [-0.2, 0) is 30.4 Å². The van der Waals surface area contributed by atoms with Crippen LogP contribution in [0.1, 0.15) is 39.3 Å². The number of aliphatic hydroxyl groups is 1. The Balaban J connectivity index is 2.95. The summed E-state index contributed by atoms with van der Waals surface area (Å²) in [7, 11) is 0. The highest BCUT2D eigenvalue weighted by Gasteiger charge is 2.33. The molecule has 1 heterocycles. The van der Waals surface area contributed by atoms with E-state index in [-0.39, 0.29) is 18.8 Å². The fraction of sp³-hybridized carbons (Fsp3) is 0.600. The quantitative estimate of drug-likeness (QED) is 0.141. The second-order valence-corrected chi connectivity index (χ2v) is 8.30. The Morgan fingerprint density at radius 2 is 1.62 bits per heavy atom. The van der Waals surface area contributed by atoms with Crippen molar-refractivity contribution in [3.8, 4) is 0 Å². The average molecular weight is 485 g/mol. The van der Waals surface area contributed by atoms with Gasteiger partial charge in [0.15, 0.2) is 0 Å². The molecule has 0 aromatic carbocycles. The molecule has 0 aliphatic carbocycles. The molecule has 5 unspecified atom stereocenters. The zero-order chi connectivity index (χ0) is 26.0. The number of aliphatic carboxylic acids is 2. The number of carbonyl (C=O) groups is 5. The molecular formula is C20H32N6O8. The van der Waals surface area contributed by atoms with Crippen LogP contribution in [0.25, 0.3) is 0 Å². The molecule has 9 N–H and O–H groups in total. The molecule has 34 heavy (non-hydrogen) atoms. The number of aromatic amines is 1. The number of carboxylic acid groups (broad SMARTS) is 2. The molecule has 0 fully saturated rings. The zero-order valence-corrected chi connectivity index (χ0v) is 19.1. The fourth-order valence-electron chi connectivity index (χ4n) is 3.00. The Hall–Kier alpha value is -3.52. The molecule has 5 atom stereocenters. The Morgan fingerprint density at radius 3 is 2.09 bits per heavy atom. The Morgan fingerprint density at radius 1 is 1.00 bits per heavy atom. The first-order valence-corrected chi connectivity index (χ1v) is 10.6. The van der Waals surface area contributed by atoms with Gasteiger partial charge >= 0.3 is 11.9 Å². The van der Waals surface area contributed by atoms with Crippen molar-refractivity contribution in [2.75, 3.05) is 0 Å². The molecule has 0 bridgehead atoms. The summed E-state index contributed by atoms with van der Waals surface area (Å²) in [5.41, 5.74) is 5.97. The lowest BCUT2D eigenvalue weighted by Crippen LogP contribution is -2.60. The summed E-state index contributed by atoms with van der Waals surface area (Å²) in [4.78, 5) is 66.7. The molecule has 1 rings (SSSR count). The van der Waals surface area contributed by atoms with Crippen LogP contribution in [0, 0.1) is 5.92 Å². The second kappa shape index (κ2) is 13.3. The third kappa shape index (κ3) is 9.54. The van der Waals surface area contributed by atoms with Crippen molar-refractivity contribution in [2.24, 2.45) is 11.7 Å². The van der Waals surface area contributed by atoms with Gasteiger partial charge in [0.25, 0.3) is 0 Å². The van der Waals surface area contributed by atoms with Gasteiger partial charge in [-0.05, 0) is 19.3 Å². The number of nitrogens with zero attached hydrogens (tertiary/aromatic N) is 1. The minimum absolute atomic E-state index is 0.0722. The van der Waals surface area contributed by atoms with E-state index in [0.717, 1.165) is 0 Å². The SMILES string of the molecule is CC(C)CC(NC(=O)C(NC(=O)C(N)CC(=O)O)C(C)O)C(=O)NC(Cc1cnc[nH]1)C(=O)O. The van der Waals surface area contributed by atoms with E-state index >= 15 is 0 Å². The van der Waals surface area contributed by atoms with Crippen LogP contribution in [0.15, 0.2) is 12.5 Å². The van der Waals surface area contributed by atoms with Gasteiger partial charge in [0.1, 0.15) is 18.1 Å². The van der Waals surface area contributed by atoms with Crippen LogP contribution in [0.3, 0.4) is 0 Å². The van der Waals surface area contributed by atoms with Gasteiger partial charge in [-0.1, -0.05) is 13.8 Å². The molecule has 0 saturated heterocycles. The van der Waals surface area contributed by atoms with Crippen molar-refractivity contribution in [3.05, 3.63) is 18.2 Å². The van der Waals surface area contributed by atoms with Crippen molar-refractivity contribution in [3.63, 3.8) is 0 Å². The molecule has 0 aliphatic rings. The van der Waals surface area contributed by atoms with Crippen LogP contribution in [0.4, 0.5) is 0 Å². The first-order chi connectivity index (χ1) is 15.8. The minimum Gasteiger partial charge on any atom is -0.481 e. The number of hydrogen-bond acceptors (Lipinski definition) is 8. The molecule has 0 saturated carbocycles. The Bertz CT molecular complexity index is 857. The molecule has 0 aliphatic heterocycles. The predicted octanol–water partition coefficient (Wildman–Crippen LogP) is -2.28. The number of imidazole rings is 1. The standard InChI is InChI=1S/C20H32N6O8/c1-9(2)4-13(18(31)25-14(20(33)34)5-11-7-22-8-23-11)24-19(32)16(10(3)27)26-17(30)12(21)6-15(28)29/h7-10,12-14,16,27H,4-6,21H2,1-3H3,(H,22,23)(H,24,32)(H,25,31)(H,26,30)(H,28,29)(H,33,34). The van der Waals surface area contributed by atoms with Crippen LogP contribution in [0.2, 0.25) is 0 Å². The molecule has 14 nitrogen and oxygen atoms in total. The molecule has 3 amide bonds. The van der Waals surface area contributed by atoms with E-state index in [2.05, 4.69) is 25.9 Å². The molecule has 14 heteroatoms. The van der Waals surface area contributed by atoms with Crippen molar-refractivity contribution in [2.45, 2.75) is 70.3 Å². The normalized spacial score (nSPS) is 15.5. The maximum Gasteiger partial charge on any atom is 0.326 e. The third-order valence-electron chi connectivity index (χ3n) is 4.73. The smallest absolute Gasteiger partial charge is 0.326 e. The highest BCUT2D eigenvalue weighted by molar-refractivity contribution is 5.95. The molecule has 0 radical (unpaired) electrons. The second-order valence-electron chi connectivity index (χ2n) is 8.30. The number of aliphatic hydroxyl groups excluding tert-OH is 1. The van der Waals surface area contributed by atoms with E-state index in [1.165, 1.54) is 19.4 Å². The van der Waals surface area contributed by atoms with E-state index in [9.17, 15) is 34.2 Å². The number of amides is 3. The number of H-pyrrole nitrogens is 1. The van der Waals surface area contributed by atoms with Crippen LogP contribution in [-0.4, -0.2) is 85.2 Å². The summed E-state index contributed by atoms with van der Waals surface area (Å²) in [5, 5.41) is 35.2. The summed E-state index contributed by atoms with van der Waals surface area (Å²) in [6, 6.07) is -5.47. The topological polar surface area (TPSA) is 237 Å². The maximum atomic E-state index is 12.9. The third-order valence-corrected chi connectivity index (χ3v) is 4.73. The van der Waals surface area contributed by atoms with Gasteiger partial charge in [-0.3, -0.25) is 19.2 Å². The number of rotatable bonds is 14. The van der Waals surface area contributed by atoms with E-state index in [1.54, 1.807) is 13.8 Å². The van der Waals surface area contributed by atoms with Crippen molar-refractivity contribution < 1.29 is 39.3 Å². The number of carboxylic acids is 2. The summed E-state index contributed by atoms with van der Waals surface area (Å²) >= 11 is 0. The molecule has 1 aromatic rings. The lowest BCUT2D eigenvalue weighted by atomic mass is 10.0. The van der Waals surface area contributed by atoms with Gasteiger partial charge in [-0.15, -0.1) is 0 Å². The van der Waals surface area contributed by atoms with Crippen molar-refractivity contribution >= 4 is 29.7 Å². The van der Waals surface area contributed by atoms with Gasteiger partial charge in [-0.25, -0.2) is 9.78 Å². The van der Waals surface area contributed by atoms with E-state index in [1.807, 2.05) is 0 Å². The van der Waals surface area contributed by atoms with Gasteiger partial charge in [-0.2, -0.15) is 0 Å². The molecule has 0 spiro atoms. The Labute approximate surface area is 195 Å². The average Bonchev–Trinajstić information content (AvgIpc) is 3.22. The van der Waals surface area contributed by atoms with Crippen LogP contribution >= 0.6 is 0 Å². The number of carbonyl (C=O) groups excluding carboxylic acids is 3. The number of nitrogens with two attached hydrogens (primary N) is 1. The molecule has 190 valence electrons. The van der Waals surface area contributed by atoms with Gasteiger partial charge < -0.3 is 42.0 Å². The molecule has 1 aromatic heterocycles. The first-order valence-electron chi connectivity index (χ1n) is 10.6. The van der Waals surface area contributed by atoms with Gasteiger partial charge in [0.2, 0.25) is 17.7 Å². The maximum absolute atomic E-state index is 12.9. The van der Waals surface area contributed by atoms with E-state index < -0.39 is 66.4 Å². The summed E-state index contributed by atoms with van der Waals surface area (Å²) < 4.78 is 0. The van der Waals surface area contributed by atoms with Crippen LogP contribution < -0.4 is 21.7 Å². The first kappa shape index (κ1) is 28.5. The summed E-state index contributed by atoms with van der Waals surface area (Å²) in [6.45, 7) is 4.78. The van der Waals surface area contributed by atoms with Gasteiger partial charge in [0, 0.05) is 18.3 Å². The van der Waals surface area contributed by atoms with E-state index in [0.29, 0.717) is 5.69 Å². The van der Waals surface area contributed by atoms with E-state index in [4.69, 9.17) is 10.8 Å². The highest BCUT2D eigenvalue weighted by atomic mass is 16.4. The lowest BCUT2D eigenvalue weighted by molar-refractivity contribution is -0.142. The number of hydrogen-bond donors (Lipinski definition) is 8. The van der Waals surface area contributed by atoms with Crippen LogP contribution in [0.5, 0.6) is 0 Å². The number of aromatic nitrogens is 2. The van der Waals surface area contributed by atoms with Crippen molar-refractivity contribution in [1.82, 2.24) is 25.9 Å². The minimum atomic E-state index is -1.53. The lowest BCUT2D eigenvalue weighted by Gasteiger charge is -2.27. The monoisotopic (exact) mass is 484 g/mol. The predicted molar refractivity (Wildman–Crippen MR) is 117 cm³/mol. The largest absolute Gasteiger partial charge is 0.481 e. The summed E-state index contributed by atoms with van der Waals surface area (Å²) in [5.74, 6) is -5.37. The van der Waals surface area contributed by atoms with Gasteiger partial charge in [0.05, 0.1) is 24.9 Å². The highest BCUT2D eigenvalue weighted by Crippen LogP contribution is 2.08. The fourth-order valence-corrected chi connectivity index (χ4v) is 3.00. The molecular weight excluding hydrogens is 452 g/mol. The Kier molecular flexibility index (Phi) is 11.1. The number of nitrogens with one attached hydrogen (secondary N) is 4. The zero-order valence-electron chi connectivity index (χ0n) is 19.1. The summed E-state index contributed by atoms with van der Waals surface area (Å²) in [6.07, 6.45) is 0.747.